The lowest BCUT2D eigenvalue weighted by Crippen LogP contribution is -2.20. The van der Waals surface area contributed by atoms with Gasteiger partial charge in [0, 0.05) is 24.2 Å². The van der Waals surface area contributed by atoms with E-state index in [-0.39, 0.29) is 0 Å². The van der Waals surface area contributed by atoms with Crippen LogP contribution in [0.4, 0.5) is 5.69 Å². The van der Waals surface area contributed by atoms with Crippen molar-refractivity contribution in [2.24, 2.45) is 0 Å². The molecule has 0 amide bonds. The first-order valence-corrected chi connectivity index (χ1v) is 8.14. The van der Waals surface area contributed by atoms with Crippen molar-refractivity contribution in [3.63, 3.8) is 0 Å². The van der Waals surface area contributed by atoms with Gasteiger partial charge >= 0.3 is 0 Å². The quantitative estimate of drug-likeness (QED) is 0.756. The second-order valence-corrected chi connectivity index (χ2v) is 6.67. The molecule has 0 atom stereocenters. The Morgan fingerprint density at radius 2 is 2.00 bits per heavy atom. The summed E-state index contributed by atoms with van der Waals surface area (Å²) < 4.78 is 0.853. The summed E-state index contributed by atoms with van der Waals surface area (Å²) in [5, 5.41) is 3.47. The zero-order chi connectivity index (χ0) is 14.4. The number of halogens is 1. The van der Waals surface area contributed by atoms with Crippen molar-refractivity contribution >= 4 is 28.6 Å². The van der Waals surface area contributed by atoms with Crippen LogP contribution in [0.25, 0.3) is 0 Å². The third-order valence-corrected chi connectivity index (χ3v) is 4.38. The second kappa shape index (κ2) is 7.67. The van der Waals surface area contributed by atoms with Crippen molar-refractivity contribution in [2.45, 2.75) is 26.4 Å². The first kappa shape index (κ1) is 15.4. The molecule has 1 aromatic heterocycles. The minimum Gasteiger partial charge on any atom is -0.369 e. The number of thiophene rings is 1. The van der Waals surface area contributed by atoms with Gasteiger partial charge in [0.1, 0.15) is 0 Å². The number of rotatable bonds is 7. The highest BCUT2D eigenvalue weighted by Crippen LogP contribution is 2.26. The molecule has 0 radical (unpaired) electrons. The fourth-order valence-electron chi connectivity index (χ4n) is 2.19. The molecule has 20 heavy (non-hydrogen) atoms. The van der Waals surface area contributed by atoms with Crippen molar-refractivity contribution in [2.75, 3.05) is 18.5 Å². The highest BCUT2D eigenvalue weighted by molar-refractivity contribution is 7.16. The summed E-state index contributed by atoms with van der Waals surface area (Å²) in [6.45, 7) is 5.05. The van der Waals surface area contributed by atoms with Crippen LogP contribution in [0.3, 0.4) is 0 Å². The van der Waals surface area contributed by atoms with E-state index in [4.69, 9.17) is 11.6 Å². The molecule has 0 aliphatic heterocycles. The fraction of sp³-hybridized carbons (Fsp3) is 0.375. The molecule has 0 aliphatic carbocycles. The van der Waals surface area contributed by atoms with E-state index in [1.54, 1.807) is 11.3 Å². The Kier molecular flexibility index (Phi) is 5.89. The second-order valence-electron chi connectivity index (χ2n) is 4.87. The molecule has 108 valence electrons. The van der Waals surface area contributed by atoms with Crippen molar-refractivity contribution in [1.82, 2.24) is 5.32 Å². The van der Waals surface area contributed by atoms with Crippen LogP contribution in [0.5, 0.6) is 0 Å². The summed E-state index contributed by atoms with van der Waals surface area (Å²) in [5.74, 6) is 0. The highest BCUT2D eigenvalue weighted by Gasteiger charge is 2.08. The fourth-order valence-corrected chi connectivity index (χ4v) is 3.33. The third kappa shape index (κ3) is 4.23. The van der Waals surface area contributed by atoms with Gasteiger partial charge in [-0.3, -0.25) is 0 Å². The number of para-hydroxylation sites is 1. The number of anilines is 1. The first-order valence-electron chi connectivity index (χ1n) is 6.94. The monoisotopic (exact) mass is 308 g/mol. The minimum atomic E-state index is 0.853. The molecule has 0 aliphatic rings. The molecule has 0 unspecified atom stereocenters. The molecule has 0 spiro atoms. The summed E-state index contributed by atoms with van der Waals surface area (Å²) in [7, 11) is 2.13. The lowest BCUT2D eigenvalue weighted by molar-refractivity contribution is 0.674. The van der Waals surface area contributed by atoms with Gasteiger partial charge in [-0.15, -0.1) is 11.3 Å². The molecule has 0 saturated carbocycles. The molecule has 2 aromatic rings. The molecule has 1 heterocycles. The lowest BCUT2D eigenvalue weighted by Gasteiger charge is -2.22. The van der Waals surface area contributed by atoms with E-state index < -0.39 is 0 Å². The smallest absolute Gasteiger partial charge is 0.0931 e. The maximum atomic E-state index is 6.00. The van der Waals surface area contributed by atoms with E-state index in [2.05, 4.69) is 54.5 Å². The van der Waals surface area contributed by atoms with Gasteiger partial charge in [-0.2, -0.15) is 0 Å². The lowest BCUT2D eigenvalue weighted by atomic mass is 10.1. The van der Waals surface area contributed by atoms with Crippen LogP contribution >= 0.6 is 22.9 Å². The van der Waals surface area contributed by atoms with Crippen molar-refractivity contribution < 1.29 is 0 Å². The van der Waals surface area contributed by atoms with Gasteiger partial charge in [-0.1, -0.05) is 36.7 Å². The van der Waals surface area contributed by atoms with Crippen LogP contribution in [0.2, 0.25) is 4.34 Å². The molecule has 0 bridgehead atoms. The van der Waals surface area contributed by atoms with Gasteiger partial charge in [-0.05, 0) is 36.7 Å². The van der Waals surface area contributed by atoms with Gasteiger partial charge in [0.05, 0.1) is 10.9 Å². The summed E-state index contributed by atoms with van der Waals surface area (Å²) in [6, 6.07) is 12.6. The summed E-state index contributed by atoms with van der Waals surface area (Å²) in [4.78, 5) is 3.57. The minimum absolute atomic E-state index is 0.853. The Balaban J connectivity index is 2.06. The molecular weight excluding hydrogens is 288 g/mol. The van der Waals surface area contributed by atoms with Gasteiger partial charge < -0.3 is 10.2 Å². The molecule has 0 saturated heterocycles. The molecule has 1 aromatic carbocycles. The van der Waals surface area contributed by atoms with Crippen LogP contribution in [0, 0.1) is 0 Å². The molecule has 2 rings (SSSR count). The van der Waals surface area contributed by atoms with E-state index in [9.17, 15) is 0 Å². The largest absolute Gasteiger partial charge is 0.369 e. The number of benzene rings is 1. The van der Waals surface area contributed by atoms with Crippen LogP contribution < -0.4 is 10.2 Å². The van der Waals surface area contributed by atoms with E-state index in [0.717, 1.165) is 30.4 Å². The number of hydrogen-bond acceptors (Lipinski definition) is 3. The van der Waals surface area contributed by atoms with Crippen molar-refractivity contribution in [3.8, 4) is 0 Å². The Hall–Kier alpha value is -1.03. The van der Waals surface area contributed by atoms with Gasteiger partial charge in [-0.25, -0.2) is 0 Å². The predicted molar refractivity (Wildman–Crippen MR) is 89.9 cm³/mol. The predicted octanol–water partition coefficient (Wildman–Crippen LogP) is 4.54. The van der Waals surface area contributed by atoms with E-state index in [0.29, 0.717) is 0 Å². The molecule has 0 fully saturated rings. The van der Waals surface area contributed by atoms with Crippen LogP contribution in [0.15, 0.2) is 36.4 Å². The number of hydrogen-bond donors (Lipinski definition) is 1. The average Bonchev–Trinajstić information content (AvgIpc) is 2.85. The maximum absolute atomic E-state index is 6.00. The normalized spacial score (nSPS) is 10.8. The Morgan fingerprint density at radius 1 is 1.20 bits per heavy atom. The zero-order valence-corrected chi connectivity index (χ0v) is 13.6. The first-order chi connectivity index (χ1) is 9.70. The van der Waals surface area contributed by atoms with E-state index in [1.165, 1.54) is 16.1 Å². The van der Waals surface area contributed by atoms with Gasteiger partial charge in [0.15, 0.2) is 0 Å². The summed E-state index contributed by atoms with van der Waals surface area (Å²) in [6.07, 6.45) is 1.16. The van der Waals surface area contributed by atoms with Crippen molar-refractivity contribution in [3.05, 3.63) is 51.2 Å². The van der Waals surface area contributed by atoms with Crippen LogP contribution in [0.1, 0.15) is 23.8 Å². The molecule has 4 heteroatoms. The van der Waals surface area contributed by atoms with Crippen LogP contribution in [-0.4, -0.2) is 13.6 Å². The van der Waals surface area contributed by atoms with Gasteiger partial charge in [0.25, 0.3) is 0 Å². The summed E-state index contributed by atoms with van der Waals surface area (Å²) >= 11 is 7.64. The standard InChI is InChI=1S/C16H21ClN2S/c1-3-10-18-11-13-6-4-5-7-15(13)19(2)12-14-8-9-16(17)20-14/h4-9,18H,3,10-12H2,1-2H3. The van der Waals surface area contributed by atoms with E-state index >= 15 is 0 Å². The number of nitrogens with one attached hydrogen (secondary N) is 1. The third-order valence-electron chi connectivity index (χ3n) is 3.17. The average molecular weight is 309 g/mol. The van der Waals surface area contributed by atoms with Crippen molar-refractivity contribution in [1.29, 1.82) is 0 Å². The Labute approximate surface area is 130 Å². The maximum Gasteiger partial charge on any atom is 0.0931 e. The molecule has 1 N–H and O–H groups in total. The zero-order valence-electron chi connectivity index (χ0n) is 12.0. The Morgan fingerprint density at radius 3 is 2.70 bits per heavy atom. The van der Waals surface area contributed by atoms with E-state index in [1.807, 2.05) is 6.07 Å². The Bertz CT molecular complexity index is 539. The molecule has 2 nitrogen and oxygen atoms in total. The summed E-state index contributed by atoms with van der Waals surface area (Å²) in [5.41, 5.74) is 2.62. The number of nitrogens with zero attached hydrogens (tertiary/aromatic N) is 1. The SMILES string of the molecule is CCCNCc1ccccc1N(C)Cc1ccc(Cl)s1. The highest BCUT2D eigenvalue weighted by atomic mass is 35.5. The molecular formula is C16H21ClN2S. The van der Waals surface area contributed by atoms with Crippen LogP contribution in [-0.2, 0) is 13.1 Å². The van der Waals surface area contributed by atoms with Gasteiger partial charge in [0.2, 0.25) is 0 Å². The topological polar surface area (TPSA) is 15.3 Å².